The Balaban J connectivity index is 1.39. The quantitative estimate of drug-likeness (QED) is 0.753. The highest BCUT2D eigenvalue weighted by atomic mass is 32.1. The van der Waals surface area contributed by atoms with Gasteiger partial charge in [0.1, 0.15) is 0 Å². The number of para-hydroxylation sites is 1. The van der Waals surface area contributed by atoms with Crippen LogP contribution in [0.4, 0.5) is 0 Å². The Kier molecular flexibility index (Phi) is 6.61. The van der Waals surface area contributed by atoms with Crippen molar-refractivity contribution in [2.75, 3.05) is 19.6 Å². The molecule has 0 bridgehead atoms. The Bertz CT molecular complexity index is 717. The van der Waals surface area contributed by atoms with E-state index in [4.69, 9.17) is 4.98 Å². The number of amides is 2. The molecule has 1 fully saturated rings. The summed E-state index contributed by atoms with van der Waals surface area (Å²) in [6, 6.07) is 8.28. The molecule has 1 aromatic carbocycles. The SMILES string of the molecule is CC(=O)NCCCCCC(=O)N1CCC(c2nc3ccccc3s2)CC1. The molecule has 26 heavy (non-hydrogen) atoms. The van der Waals surface area contributed by atoms with Gasteiger partial charge in [-0.15, -0.1) is 11.3 Å². The summed E-state index contributed by atoms with van der Waals surface area (Å²) in [6.07, 6.45) is 5.45. The van der Waals surface area contributed by atoms with Gasteiger partial charge in [0.15, 0.2) is 0 Å². The Morgan fingerprint density at radius 3 is 2.69 bits per heavy atom. The number of nitrogens with one attached hydrogen (secondary N) is 1. The Hall–Kier alpha value is -1.95. The maximum absolute atomic E-state index is 12.4. The van der Waals surface area contributed by atoms with E-state index < -0.39 is 0 Å². The average Bonchev–Trinajstić information content (AvgIpc) is 3.08. The van der Waals surface area contributed by atoms with E-state index in [1.807, 2.05) is 11.0 Å². The molecule has 2 amide bonds. The third-order valence-electron chi connectivity index (χ3n) is 4.95. The van der Waals surface area contributed by atoms with Crippen molar-refractivity contribution in [2.24, 2.45) is 0 Å². The normalized spacial score (nSPS) is 15.3. The zero-order valence-electron chi connectivity index (χ0n) is 15.4. The number of benzene rings is 1. The summed E-state index contributed by atoms with van der Waals surface area (Å²) in [4.78, 5) is 30.0. The number of nitrogens with zero attached hydrogens (tertiary/aromatic N) is 2. The Labute approximate surface area is 158 Å². The number of hydrogen-bond acceptors (Lipinski definition) is 4. The monoisotopic (exact) mass is 373 g/mol. The molecule has 0 unspecified atom stereocenters. The van der Waals surface area contributed by atoms with Gasteiger partial charge in [-0.1, -0.05) is 18.6 Å². The van der Waals surface area contributed by atoms with E-state index in [1.54, 1.807) is 11.3 Å². The minimum atomic E-state index is 0.0112. The summed E-state index contributed by atoms with van der Waals surface area (Å²) >= 11 is 1.79. The number of aromatic nitrogens is 1. The topological polar surface area (TPSA) is 62.3 Å². The number of unbranched alkanes of at least 4 members (excludes halogenated alkanes) is 2. The maximum Gasteiger partial charge on any atom is 0.222 e. The zero-order valence-corrected chi connectivity index (χ0v) is 16.2. The van der Waals surface area contributed by atoms with Crippen molar-refractivity contribution in [2.45, 2.75) is 51.4 Å². The van der Waals surface area contributed by atoms with Gasteiger partial charge in [-0.3, -0.25) is 9.59 Å². The molecule has 1 aliphatic rings. The van der Waals surface area contributed by atoms with Gasteiger partial charge >= 0.3 is 0 Å². The van der Waals surface area contributed by atoms with E-state index in [0.717, 1.165) is 50.7 Å². The van der Waals surface area contributed by atoms with Gasteiger partial charge in [0.05, 0.1) is 15.2 Å². The second kappa shape index (κ2) is 9.12. The minimum absolute atomic E-state index is 0.0112. The van der Waals surface area contributed by atoms with Gasteiger partial charge in [0.25, 0.3) is 0 Å². The molecule has 3 rings (SSSR count). The molecular weight excluding hydrogens is 346 g/mol. The zero-order chi connectivity index (χ0) is 18.4. The van der Waals surface area contributed by atoms with Gasteiger partial charge in [-0.05, 0) is 37.8 Å². The van der Waals surface area contributed by atoms with E-state index >= 15 is 0 Å². The van der Waals surface area contributed by atoms with Crippen LogP contribution in [0.25, 0.3) is 10.2 Å². The first kappa shape index (κ1) is 18.8. The van der Waals surface area contributed by atoms with Gasteiger partial charge < -0.3 is 10.2 Å². The van der Waals surface area contributed by atoms with Crippen LogP contribution in [-0.4, -0.2) is 41.3 Å². The van der Waals surface area contributed by atoms with Crippen molar-refractivity contribution in [1.29, 1.82) is 0 Å². The molecule has 2 heterocycles. The molecular formula is C20H27N3O2S. The molecule has 1 aliphatic heterocycles. The van der Waals surface area contributed by atoms with Crippen LogP contribution >= 0.6 is 11.3 Å². The minimum Gasteiger partial charge on any atom is -0.356 e. The highest BCUT2D eigenvalue weighted by Gasteiger charge is 2.25. The lowest BCUT2D eigenvalue weighted by atomic mass is 9.97. The van der Waals surface area contributed by atoms with Crippen LogP contribution in [0, 0.1) is 0 Å². The molecule has 1 saturated heterocycles. The largest absolute Gasteiger partial charge is 0.356 e. The maximum atomic E-state index is 12.4. The van der Waals surface area contributed by atoms with Gasteiger partial charge in [0.2, 0.25) is 11.8 Å². The molecule has 0 radical (unpaired) electrons. The summed E-state index contributed by atoms with van der Waals surface area (Å²) in [6.45, 7) is 3.91. The first-order valence-electron chi connectivity index (χ1n) is 9.51. The number of fused-ring (bicyclic) bond motifs is 1. The summed E-state index contributed by atoms with van der Waals surface area (Å²) in [7, 11) is 0. The molecule has 5 nitrogen and oxygen atoms in total. The van der Waals surface area contributed by atoms with Crippen molar-refractivity contribution >= 4 is 33.4 Å². The molecule has 140 valence electrons. The van der Waals surface area contributed by atoms with Crippen LogP contribution in [-0.2, 0) is 9.59 Å². The lowest BCUT2D eigenvalue weighted by molar-refractivity contribution is -0.132. The van der Waals surface area contributed by atoms with Gasteiger partial charge in [0, 0.05) is 38.9 Å². The third-order valence-corrected chi connectivity index (χ3v) is 6.15. The molecule has 0 spiro atoms. The average molecular weight is 374 g/mol. The lowest BCUT2D eigenvalue weighted by Crippen LogP contribution is -2.37. The van der Waals surface area contributed by atoms with Crippen LogP contribution in [0.15, 0.2) is 24.3 Å². The van der Waals surface area contributed by atoms with Crippen LogP contribution in [0.1, 0.15) is 56.4 Å². The van der Waals surface area contributed by atoms with Crippen molar-refractivity contribution in [3.05, 3.63) is 29.3 Å². The summed E-state index contributed by atoms with van der Waals surface area (Å²) < 4.78 is 1.25. The summed E-state index contributed by atoms with van der Waals surface area (Å²) in [5.74, 6) is 0.762. The van der Waals surface area contributed by atoms with Crippen molar-refractivity contribution in [3.63, 3.8) is 0 Å². The highest BCUT2D eigenvalue weighted by molar-refractivity contribution is 7.18. The predicted molar refractivity (Wildman–Crippen MR) is 105 cm³/mol. The Morgan fingerprint density at radius 1 is 1.19 bits per heavy atom. The smallest absolute Gasteiger partial charge is 0.222 e. The fourth-order valence-corrected chi connectivity index (χ4v) is 4.58. The van der Waals surface area contributed by atoms with E-state index in [-0.39, 0.29) is 11.8 Å². The molecule has 0 saturated carbocycles. The molecule has 1 aromatic heterocycles. The highest BCUT2D eigenvalue weighted by Crippen LogP contribution is 2.33. The second-order valence-electron chi connectivity index (χ2n) is 6.97. The fourth-order valence-electron chi connectivity index (χ4n) is 3.44. The molecule has 2 aromatic rings. The molecule has 1 N–H and O–H groups in total. The van der Waals surface area contributed by atoms with Crippen LogP contribution in [0.2, 0.25) is 0 Å². The summed E-state index contributed by atoms with van der Waals surface area (Å²) in [5.41, 5.74) is 1.09. The first-order valence-corrected chi connectivity index (χ1v) is 10.3. The molecule has 6 heteroatoms. The fraction of sp³-hybridized carbons (Fsp3) is 0.550. The van der Waals surface area contributed by atoms with Crippen molar-refractivity contribution in [3.8, 4) is 0 Å². The number of likely N-dealkylation sites (tertiary alicyclic amines) is 1. The summed E-state index contributed by atoms with van der Waals surface area (Å²) in [5, 5.41) is 4.01. The van der Waals surface area contributed by atoms with Crippen LogP contribution in [0.5, 0.6) is 0 Å². The lowest BCUT2D eigenvalue weighted by Gasteiger charge is -2.31. The molecule has 0 atom stereocenters. The number of carbonyl (C=O) groups is 2. The van der Waals surface area contributed by atoms with Crippen molar-refractivity contribution in [1.82, 2.24) is 15.2 Å². The molecule has 0 aliphatic carbocycles. The number of piperidine rings is 1. The van der Waals surface area contributed by atoms with E-state index in [2.05, 4.69) is 23.5 Å². The number of thiazole rings is 1. The Morgan fingerprint density at radius 2 is 1.96 bits per heavy atom. The van der Waals surface area contributed by atoms with Gasteiger partial charge in [-0.25, -0.2) is 4.98 Å². The second-order valence-corrected chi connectivity index (χ2v) is 8.03. The third kappa shape index (κ3) is 5.04. The number of carbonyl (C=O) groups excluding carboxylic acids is 2. The van der Waals surface area contributed by atoms with Crippen molar-refractivity contribution < 1.29 is 9.59 Å². The first-order chi connectivity index (χ1) is 12.6. The van der Waals surface area contributed by atoms with E-state index in [0.29, 0.717) is 18.9 Å². The standard InChI is InChI=1S/C20H27N3O2S/c1-15(24)21-12-6-2-3-9-19(25)23-13-10-16(11-14-23)20-22-17-7-4-5-8-18(17)26-20/h4-5,7-8,16H,2-3,6,9-14H2,1H3,(H,21,24). The number of rotatable bonds is 7. The number of hydrogen-bond donors (Lipinski definition) is 1. The predicted octanol–water partition coefficient (Wildman–Crippen LogP) is 3.70. The van der Waals surface area contributed by atoms with Crippen LogP contribution < -0.4 is 5.32 Å². The van der Waals surface area contributed by atoms with Crippen LogP contribution in [0.3, 0.4) is 0 Å². The van der Waals surface area contributed by atoms with E-state index in [9.17, 15) is 9.59 Å². The van der Waals surface area contributed by atoms with Gasteiger partial charge in [-0.2, -0.15) is 0 Å². The van der Waals surface area contributed by atoms with E-state index in [1.165, 1.54) is 16.6 Å².